The standard InChI is InChI=1S/C20H22N2O2/c23-20(19-12-18(19)14-5-4-10-21-13-14)22-15-6-3-9-17(11-15)24-16-7-1-2-8-16/h3-6,9-11,13,16,18-19H,1-2,7-8,12H2,(H,22,23). The Morgan fingerprint density at radius 3 is 2.83 bits per heavy atom. The van der Waals surface area contributed by atoms with Crippen molar-refractivity contribution in [1.29, 1.82) is 0 Å². The zero-order valence-electron chi connectivity index (χ0n) is 13.7. The molecule has 4 rings (SSSR count). The first-order chi connectivity index (χ1) is 11.8. The normalized spacial score (nSPS) is 23.0. The second-order valence-electron chi connectivity index (χ2n) is 6.78. The van der Waals surface area contributed by atoms with Crippen LogP contribution in [0.25, 0.3) is 0 Å². The predicted molar refractivity (Wildman–Crippen MR) is 93.0 cm³/mol. The number of nitrogens with one attached hydrogen (secondary N) is 1. The Bertz CT molecular complexity index is 711. The second-order valence-corrected chi connectivity index (χ2v) is 6.78. The molecular weight excluding hydrogens is 300 g/mol. The van der Waals surface area contributed by atoms with Crippen molar-refractivity contribution in [3.63, 3.8) is 0 Å². The van der Waals surface area contributed by atoms with Gasteiger partial charge in [0.15, 0.2) is 0 Å². The Morgan fingerprint density at radius 2 is 2.04 bits per heavy atom. The van der Waals surface area contributed by atoms with Gasteiger partial charge in [-0.3, -0.25) is 9.78 Å². The first kappa shape index (κ1) is 15.2. The molecule has 4 nitrogen and oxygen atoms in total. The molecule has 24 heavy (non-hydrogen) atoms. The largest absolute Gasteiger partial charge is 0.490 e. The lowest BCUT2D eigenvalue weighted by atomic mass is 10.1. The van der Waals surface area contributed by atoms with Crippen molar-refractivity contribution < 1.29 is 9.53 Å². The lowest BCUT2D eigenvalue weighted by Gasteiger charge is -2.14. The van der Waals surface area contributed by atoms with Crippen LogP contribution in [0.3, 0.4) is 0 Å². The molecule has 0 aliphatic heterocycles. The van der Waals surface area contributed by atoms with Crippen LogP contribution in [-0.2, 0) is 4.79 Å². The number of nitrogens with zero attached hydrogens (tertiary/aromatic N) is 1. The van der Waals surface area contributed by atoms with Gasteiger partial charge >= 0.3 is 0 Å². The Kier molecular flexibility index (Phi) is 4.20. The summed E-state index contributed by atoms with van der Waals surface area (Å²) in [5.41, 5.74) is 1.96. The van der Waals surface area contributed by atoms with Crippen molar-refractivity contribution >= 4 is 11.6 Å². The monoisotopic (exact) mass is 322 g/mol. The number of carbonyl (C=O) groups excluding carboxylic acids is 1. The lowest BCUT2D eigenvalue weighted by molar-refractivity contribution is -0.117. The molecule has 1 N–H and O–H groups in total. The summed E-state index contributed by atoms with van der Waals surface area (Å²) in [6, 6.07) is 11.7. The third-order valence-corrected chi connectivity index (χ3v) is 4.95. The minimum atomic E-state index is 0.0496. The van der Waals surface area contributed by atoms with E-state index in [0.717, 1.165) is 36.3 Å². The van der Waals surface area contributed by atoms with Gasteiger partial charge in [-0.25, -0.2) is 0 Å². The van der Waals surface area contributed by atoms with Crippen LogP contribution in [0.1, 0.15) is 43.6 Å². The number of rotatable bonds is 5. The first-order valence-electron chi connectivity index (χ1n) is 8.77. The molecule has 2 unspecified atom stereocenters. The molecule has 2 saturated carbocycles. The number of carbonyl (C=O) groups is 1. The van der Waals surface area contributed by atoms with Crippen LogP contribution in [0.2, 0.25) is 0 Å². The Morgan fingerprint density at radius 1 is 1.17 bits per heavy atom. The van der Waals surface area contributed by atoms with Gasteiger partial charge in [-0.2, -0.15) is 0 Å². The molecule has 124 valence electrons. The fraction of sp³-hybridized carbons (Fsp3) is 0.400. The van der Waals surface area contributed by atoms with E-state index in [2.05, 4.69) is 10.3 Å². The molecule has 1 heterocycles. The molecule has 0 radical (unpaired) electrons. The summed E-state index contributed by atoms with van der Waals surface area (Å²) in [7, 11) is 0. The highest BCUT2D eigenvalue weighted by Crippen LogP contribution is 2.47. The highest BCUT2D eigenvalue weighted by molar-refractivity contribution is 5.95. The van der Waals surface area contributed by atoms with Gasteiger partial charge in [0.1, 0.15) is 5.75 Å². The maximum Gasteiger partial charge on any atom is 0.228 e. The quantitative estimate of drug-likeness (QED) is 0.900. The van der Waals surface area contributed by atoms with Gasteiger partial charge in [0, 0.05) is 30.1 Å². The summed E-state index contributed by atoms with van der Waals surface area (Å²) in [5, 5.41) is 3.03. The molecule has 1 aromatic heterocycles. The van der Waals surface area contributed by atoms with Crippen molar-refractivity contribution in [3.05, 3.63) is 54.4 Å². The third kappa shape index (κ3) is 3.42. The number of aromatic nitrogens is 1. The van der Waals surface area contributed by atoms with Gasteiger partial charge in [0.25, 0.3) is 0 Å². The van der Waals surface area contributed by atoms with Crippen molar-refractivity contribution in [2.45, 2.75) is 44.1 Å². The molecule has 0 spiro atoms. The van der Waals surface area contributed by atoms with Gasteiger partial charge in [-0.1, -0.05) is 12.1 Å². The molecule has 2 aliphatic carbocycles. The molecule has 1 aromatic carbocycles. The summed E-state index contributed by atoms with van der Waals surface area (Å²) >= 11 is 0. The topological polar surface area (TPSA) is 51.2 Å². The molecule has 4 heteroatoms. The third-order valence-electron chi connectivity index (χ3n) is 4.95. The Balaban J connectivity index is 1.36. The molecule has 2 fully saturated rings. The Hall–Kier alpha value is -2.36. The van der Waals surface area contributed by atoms with Crippen LogP contribution in [0, 0.1) is 5.92 Å². The van der Waals surface area contributed by atoms with Crippen molar-refractivity contribution in [3.8, 4) is 5.75 Å². The predicted octanol–water partition coefficient (Wildman–Crippen LogP) is 4.15. The number of hydrogen-bond acceptors (Lipinski definition) is 3. The first-order valence-corrected chi connectivity index (χ1v) is 8.77. The van der Waals surface area contributed by atoms with E-state index in [1.165, 1.54) is 12.8 Å². The van der Waals surface area contributed by atoms with Gasteiger partial charge in [0.05, 0.1) is 6.10 Å². The van der Waals surface area contributed by atoms with Gasteiger partial charge < -0.3 is 10.1 Å². The summed E-state index contributed by atoms with van der Waals surface area (Å²) < 4.78 is 6.00. The zero-order valence-corrected chi connectivity index (χ0v) is 13.7. The lowest BCUT2D eigenvalue weighted by Crippen LogP contribution is -2.15. The van der Waals surface area contributed by atoms with Crippen LogP contribution < -0.4 is 10.1 Å². The van der Waals surface area contributed by atoms with E-state index >= 15 is 0 Å². The number of ether oxygens (including phenoxy) is 1. The fourth-order valence-corrected chi connectivity index (χ4v) is 3.53. The number of pyridine rings is 1. The summed E-state index contributed by atoms with van der Waals surface area (Å²) in [6.07, 6.45) is 9.60. The van der Waals surface area contributed by atoms with E-state index in [9.17, 15) is 4.79 Å². The van der Waals surface area contributed by atoms with Crippen LogP contribution in [0.15, 0.2) is 48.8 Å². The molecule has 0 bridgehead atoms. The van der Waals surface area contributed by atoms with Crippen LogP contribution >= 0.6 is 0 Å². The van der Waals surface area contributed by atoms with Crippen molar-refractivity contribution in [2.75, 3.05) is 5.32 Å². The van der Waals surface area contributed by atoms with E-state index in [1.807, 2.05) is 42.6 Å². The van der Waals surface area contributed by atoms with E-state index in [-0.39, 0.29) is 11.8 Å². The van der Waals surface area contributed by atoms with E-state index in [0.29, 0.717) is 12.0 Å². The molecule has 0 saturated heterocycles. The zero-order chi connectivity index (χ0) is 16.4. The number of anilines is 1. The van der Waals surface area contributed by atoms with Crippen LogP contribution in [0.5, 0.6) is 5.75 Å². The number of benzene rings is 1. The molecule has 2 aliphatic rings. The maximum atomic E-state index is 12.4. The smallest absolute Gasteiger partial charge is 0.228 e. The minimum Gasteiger partial charge on any atom is -0.490 e. The van der Waals surface area contributed by atoms with Crippen LogP contribution in [0.4, 0.5) is 5.69 Å². The van der Waals surface area contributed by atoms with Crippen molar-refractivity contribution in [2.24, 2.45) is 5.92 Å². The maximum absolute atomic E-state index is 12.4. The second kappa shape index (κ2) is 6.63. The van der Waals surface area contributed by atoms with Gasteiger partial charge in [0.2, 0.25) is 5.91 Å². The molecule has 2 atom stereocenters. The highest BCUT2D eigenvalue weighted by Gasteiger charge is 2.44. The van der Waals surface area contributed by atoms with E-state index in [1.54, 1.807) is 6.20 Å². The SMILES string of the molecule is O=C(Nc1cccc(OC2CCCC2)c1)C1CC1c1cccnc1. The van der Waals surface area contributed by atoms with Gasteiger partial charge in [-0.15, -0.1) is 0 Å². The summed E-state index contributed by atoms with van der Waals surface area (Å²) in [6.45, 7) is 0. The summed E-state index contributed by atoms with van der Waals surface area (Å²) in [5.74, 6) is 1.28. The van der Waals surface area contributed by atoms with Crippen molar-refractivity contribution in [1.82, 2.24) is 4.98 Å². The van der Waals surface area contributed by atoms with Crippen LogP contribution in [-0.4, -0.2) is 17.0 Å². The summed E-state index contributed by atoms with van der Waals surface area (Å²) in [4.78, 5) is 16.6. The van der Waals surface area contributed by atoms with E-state index in [4.69, 9.17) is 4.74 Å². The fourth-order valence-electron chi connectivity index (χ4n) is 3.53. The number of amides is 1. The minimum absolute atomic E-state index is 0.0496. The highest BCUT2D eigenvalue weighted by atomic mass is 16.5. The average Bonchev–Trinajstić information content (AvgIpc) is 3.26. The van der Waals surface area contributed by atoms with Gasteiger partial charge in [-0.05, 0) is 61.8 Å². The Labute approximate surface area is 142 Å². The molecule has 1 amide bonds. The molecule has 2 aromatic rings. The number of hydrogen-bond donors (Lipinski definition) is 1. The van der Waals surface area contributed by atoms with E-state index < -0.39 is 0 Å². The molecular formula is C20H22N2O2. The average molecular weight is 322 g/mol.